The van der Waals surface area contributed by atoms with Crippen LogP contribution in [0.15, 0.2) is 0 Å². The first-order chi connectivity index (χ1) is 7.70. The molecule has 94 valence electrons. The van der Waals surface area contributed by atoms with Crippen molar-refractivity contribution >= 4 is 0 Å². The second-order valence-corrected chi connectivity index (χ2v) is 4.86. The van der Waals surface area contributed by atoms with Gasteiger partial charge < -0.3 is 5.11 Å². The molecule has 0 aromatic carbocycles. The molecule has 0 rings (SSSR count). The Bertz CT molecular complexity index is 180. The van der Waals surface area contributed by atoms with Gasteiger partial charge in [0.2, 0.25) is 0 Å². The summed E-state index contributed by atoms with van der Waals surface area (Å²) in [6.45, 7) is 4.30. The number of terminal acetylenes is 1. The molecular formula is C15H28O. The highest BCUT2D eigenvalue weighted by Crippen LogP contribution is 2.13. The van der Waals surface area contributed by atoms with E-state index in [1.54, 1.807) is 0 Å². The predicted molar refractivity (Wildman–Crippen MR) is 71.2 cm³/mol. The van der Waals surface area contributed by atoms with Crippen LogP contribution in [-0.4, -0.2) is 11.2 Å². The Labute approximate surface area is 102 Å². The molecule has 2 unspecified atom stereocenters. The first-order valence-electron chi connectivity index (χ1n) is 6.84. The largest absolute Gasteiger partial charge is 0.393 e. The summed E-state index contributed by atoms with van der Waals surface area (Å²) in [5.74, 6) is 3.13. The van der Waals surface area contributed by atoms with Gasteiger partial charge in [-0.15, -0.1) is 12.3 Å². The maximum atomic E-state index is 9.73. The van der Waals surface area contributed by atoms with Crippen molar-refractivity contribution in [1.29, 1.82) is 0 Å². The number of aliphatic hydroxyl groups excluding tert-OH is 1. The van der Waals surface area contributed by atoms with Gasteiger partial charge in [-0.2, -0.15) is 0 Å². The average molecular weight is 224 g/mol. The molecule has 0 radical (unpaired) electrons. The smallest absolute Gasteiger partial charge is 0.0540 e. The summed E-state index contributed by atoms with van der Waals surface area (Å²) in [4.78, 5) is 0. The van der Waals surface area contributed by atoms with Crippen LogP contribution < -0.4 is 0 Å². The highest BCUT2D eigenvalue weighted by atomic mass is 16.3. The summed E-state index contributed by atoms with van der Waals surface area (Å²) in [5, 5.41) is 9.73. The summed E-state index contributed by atoms with van der Waals surface area (Å²) >= 11 is 0. The van der Waals surface area contributed by atoms with Crippen molar-refractivity contribution in [2.24, 2.45) is 5.92 Å². The van der Waals surface area contributed by atoms with E-state index in [-0.39, 0.29) is 6.10 Å². The number of unbranched alkanes of at least 4 members (excludes halogenated alkanes) is 4. The third-order valence-electron chi connectivity index (χ3n) is 3.10. The molecule has 0 saturated heterocycles. The zero-order valence-electron chi connectivity index (χ0n) is 11.0. The normalized spacial score (nSPS) is 14.4. The van der Waals surface area contributed by atoms with Gasteiger partial charge in [-0.1, -0.05) is 52.4 Å². The van der Waals surface area contributed by atoms with Crippen LogP contribution in [0.2, 0.25) is 0 Å². The SMILES string of the molecule is C#CC(C)CCCCC(O)CCCCCC. The van der Waals surface area contributed by atoms with Crippen LogP contribution in [0.5, 0.6) is 0 Å². The fourth-order valence-corrected chi connectivity index (χ4v) is 1.86. The molecule has 0 saturated carbocycles. The van der Waals surface area contributed by atoms with E-state index in [9.17, 15) is 5.11 Å². The first-order valence-corrected chi connectivity index (χ1v) is 6.84. The van der Waals surface area contributed by atoms with Gasteiger partial charge in [0.25, 0.3) is 0 Å². The lowest BCUT2D eigenvalue weighted by molar-refractivity contribution is 0.147. The predicted octanol–water partition coefficient (Wildman–Crippen LogP) is 4.15. The maximum absolute atomic E-state index is 9.73. The van der Waals surface area contributed by atoms with Gasteiger partial charge in [-0.3, -0.25) is 0 Å². The fourth-order valence-electron chi connectivity index (χ4n) is 1.86. The lowest BCUT2D eigenvalue weighted by Gasteiger charge is -2.10. The fraction of sp³-hybridized carbons (Fsp3) is 0.867. The third kappa shape index (κ3) is 10.1. The van der Waals surface area contributed by atoms with E-state index in [0.29, 0.717) is 5.92 Å². The monoisotopic (exact) mass is 224 g/mol. The zero-order valence-corrected chi connectivity index (χ0v) is 11.0. The van der Waals surface area contributed by atoms with Gasteiger partial charge in [0.05, 0.1) is 6.10 Å². The van der Waals surface area contributed by atoms with E-state index in [4.69, 9.17) is 6.42 Å². The van der Waals surface area contributed by atoms with E-state index in [1.165, 1.54) is 25.7 Å². The molecule has 0 aromatic rings. The molecule has 2 atom stereocenters. The van der Waals surface area contributed by atoms with Gasteiger partial charge in [0.15, 0.2) is 0 Å². The molecule has 0 bridgehead atoms. The molecule has 0 spiro atoms. The van der Waals surface area contributed by atoms with Crippen molar-refractivity contribution in [2.75, 3.05) is 0 Å². The zero-order chi connectivity index (χ0) is 12.2. The molecule has 0 aliphatic heterocycles. The van der Waals surface area contributed by atoms with E-state index >= 15 is 0 Å². The van der Waals surface area contributed by atoms with Crippen LogP contribution in [0.25, 0.3) is 0 Å². The van der Waals surface area contributed by atoms with Crippen LogP contribution >= 0.6 is 0 Å². The summed E-state index contributed by atoms with van der Waals surface area (Å²) in [7, 11) is 0. The second kappa shape index (κ2) is 11.0. The van der Waals surface area contributed by atoms with Gasteiger partial charge >= 0.3 is 0 Å². The number of rotatable bonds is 10. The molecule has 0 aliphatic rings. The molecule has 1 N–H and O–H groups in total. The van der Waals surface area contributed by atoms with Crippen LogP contribution in [0.3, 0.4) is 0 Å². The molecule has 16 heavy (non-hydrogen) atoms. The van der Waals surface area contributed by atoms with E-state index in [1.807, 2.05) is 0 Å². The Morgan fingerprint density at radius 1 is 1.00 bits per heavy atom. The van der Waals surface area contributed by atoms with Gasteiger partial charge in [0, 0.05) is 5.92 Å². The molecular weight excluding hydrogens is 196 g/mol. The Balaban J connectivity index is 3.24. The van der Waals surface area contributed by atoms with Gasteiger partial charge in [-0.25, -0.2) is 0 Å². The van der Waals surface area contributed by atoms with Gasteiger partial charge in [-0.05, 0) is 19.3 Å². The molecule has 1 nitrogen and oxygen atoms in total. The van der Waals surface area contributed by atoms with Crippen LogP contribution in [0.1, 0.15) is 71.6 Å². The highest BCUT2D eigenvalue weighted by Gasteiger charge is 2.04. The molecule has 0 aromatic heterocycles. The Morgan fingerprint density at radius 2 is 1.56 bits per heavy atom. The van der Waals surface area contributed by atoms with E-state index in [2.05, 4.69) is 19.8 Å². The Morgan fingerprint density at radius 3 is 2.12 bits per heavy atom. The van der Waals surface area contributed by atoms with Crippen LogP contribution in [-0.2, 0) is 0 Å². The lowest BCUT2D eigenvalue weighted by atomic mass is 10.0. The van der Waals surface area contributed by atoms with Crippen molar-refractivity contribution in [3.63, 3.8) is 0 Å². The third-order valence-corrected chi connectivity index (χ3v) is 3.10. The molecule has 0 fully saturated rings. The van der Waals surface area contributed by atoms with E-state index < -0.39 is 0 Å². The van der Waals surface area contributed by atoms with Gasteiger partial charge in [0.1, 0.15) is 0 Å². The Hall–Kier alpha value is -0.480. The lowest BCUT2D eigenvalue weighted by Crippen LogP contribution is -2.06. The topological polar surface area (TPSA) is 20.2 Å². The number of hydrogen-bond acceptors (Lipinski definition) is 1. The number of hydrogen-bond donors (Lipinski definition) is 1. The minimum Gasteiger partial charge on any atom is -0.393 e. The summed E-state index contributed by atoms with van der Waals surface area (Å²) < 4.78 is 0. The molecule has 0 amide bonds. The molecule has 0 heterocycles. The molecule has 0 aliphatic carbocycles. The quantitative estimate of drug-likeness (QED) is 0.436. The van der Waals surface area contributed by atoms with Crippen LogP contribution in [0.4, 0.5) is 0 Å². The summed E-state index contributed by atoms with van der Waals surface area (Å²) in [6.07, 6.45) is 15.5. The van der Waals surface area contributed by atoms with Crippen molar-refractivity contribution < 1.29 is 5.11 Å². The molecule has 1 heteroatoms. The van der Waals surface area contributed by atoms with E-state index in [0.717, 1.165) is 32.1 Å². The number of aliphatic hydroxyl groups is 1. The minimum absolute atomic E-state index is 0.0852. The van der Waals surface area contributed by atoms with Crippen molar-refractivity contribution in [1.82, 2.24) is 0 Å². The first kappa shape index (κ1) is 15.5. The van der Waals surface area contributed by atoms with Crippen LogP contribution in [0, 0.1) is 18.3 Å². The summed E-state index contributed by atoms with van der Waals surface area (Å²) in [5.41, 5.74) is 0. The van der Waals surface area contributed by atoms with Crippen molar-refractivity contribution in [2.45, 2.75) is 77.7 Å². The second-order valence-electron chi connectivity index (χ2n) is 4.86. The standard InChI is InChI=1S/C15H28O/c1-4-6-7-8-12-15(16)13-10-9-11-14(3)5-2/h2,14-16H,4,6-13H2,1,3H3. The summed E-state index contributed by atoms with van der Waals surface area (Å²) in [6, 6.07) is 0. The maximum Gasteiger partial charge on any atom is 0.0540 e. The van der Waals surface area contributed by atoms with Crippen molar-refractivity contribution in [3.05, 3.63) is 0 Å². The highest BCUT2D eigenvalue weighted by molar-refractivity contribution is 4.89. The van der Waals surface area contributed by atoms with Crippen molar-refractivity contribution in [3.8, 4) is 12.3 Å². The Kier molecular flexibility index (Phi) is 10.7. The average Bonchev–Trinajstić information content (AvgIpc) is 2.30. The minimum atomic E-state index is -0.0852.